The molecule has 2 aliphatic heterocycles. The number of nitrogens with zero attached hydrogens (tertiary/aromatic N) is 1. The summed E-state index contributed by atoms with van der Waals surface area (Å²) in [5.41, 5.74) is -2.74. The molecule has 0 aromatic carbocycles. The Morgan fingerprint density at radius 3 is 2.55 bits per heavy atom. The molecule has 3 rings (SSSR count). The first kappa shape index (κ1) is 17.8. The summed E-state index contributed by atoms with van der Waals surface area (Å²) in [4.78, 5) is 13.6. The van der Waals surface area contributed by atoms with Crippen LogP contribution in [0.15, 0.2) is 0 Å². The molecule has 4 atom stereocenters. The van der Waals surface area contributed by atoms with E-state index in [0.717, 1.165) is 19.3 Å². The van der Waals surface area contributed by atoms with Gasteiger partial charge in [0, 0.05) is 19.0 Å². The number of likely N-dealkylation sites (tertiary alicyclic amines) is 1. The summed E-state index contributed by atoms with van der Waals surface area (Å²) in [6, 6.07) is -0.0505. The number of halogens is 4. The Balaban J connectivity index is 0.00000176. The van der Waals surface area contributed by atoms with Gasteiger partial charge in [-0.2, -0.15) is 13.2 Å². The number of rotatable bonds is 1. The van der Waals surface area contributed by atoms with Gasteiger partial charge in [-0.25, -0.2) is 0 Å². The van der Waals surface area contributed by atoms with E-state index in [1.807, 2.05) is 0 Å². The summed E-state index contributed by atoms with van der Waals surface area (Å²) in [5.74, 6) is 0.182. The minimum Gasteiger partial charge on any atom is -0.379 e. The molecule has 0 aromatic rings. The first-order valence-electron chi connectivity index (χ1n) is 7.64. The number of β-amino-alcohol motifs (C(OH)–C–C–N with tert-alkyl or cyclic N) is 1. The van der Waals surface area contributed by atoms with E-state index in [1.165, 1.54) is 11.3 Å². The first-order valence-corrected chi connectivity index (χ1v) is 7.64. The lowest BCUT2D eigenvalue weighted by atomic mass is 9.85. The second kappa shape index (κ2) is 6.17. The Kier molecular flexibility index (Phi) is 5.00. The summed E-state index contributed by atoms with van der Waals surface area (Å²) >= 11 is 0. The fourth-order valence-electron chi connectivity index (χ4n) is 3.94. The van der Waals surface area contributed by atoms with Gasteiger partial charge in [0.25, 0.3) is 0 Å². The van der Waals surface area contributed by atoms with Gasteiger partial charge in [-0.1, -0.05) is 12.8 Å². The first-order chi connectivity index (χ1) is 9.80. The third kappa shape index (κ3) is 3.08. The van der Waals surface area contributed by atoms with E-state index in [4.69, 9.17) is 0 Å². The zero-order chi connectivity index (χ0) is 15.3. The van der Waals surface area contributed by atoms with Crippen molar-refractivity contribution >= 4 is 18.3 Å². The minimum absolute atomic E-state index is 0. The molecule has 3 aliphatic rings. The topological polar surface area (TPSA) is 52.6 Å². The number of carbonyl (C=O) groups is 1. The average molecular weight is 343 g/mol. The van der Waals surface area contributed by atoms with Gasteiger partial charge >= 0.3 is 6.18 Å². The van der Waals surface area contributed by atoms with Crippen molar-refractivity contribution in [2.75, 3.05) is 13.1 Å². The minimum atomic E-state index is -4.68. The molecule has 0 spiro atoms. The van der Waals surface area contributed by atoms with Crippen LogP contribution in [0.4, 0.5) is 13.2 Å². The van der Waals surface area contributed by atoms with Crippen molar-refractivity contribution < 1.29 is 23.1 Å². The van der Waals surface area contributed by atoms with Crippen LogP contribution in [0.2, 0.25) is 0 Å². The number of nitrogens with one attached hydrogen (secondary N) is 1. The standard InChI is InChI=1S/C14H21F3N2O2.ClH/c15-14(16,17)13(21)5-6-19(8-13)12(20)11-7-9-3-1-2-4-10(9)18-11;/h9-11,18,21H,1-8H2;1H. The monoisotopic (exact) mass is 342 g/mol. The molecule has 0 radical (unpaired) electrons. The van der Waals surface area contributed by atoms with E-state index >= 15 is 0 Å². The van der Waals surface area contributed by atoms with Crippen LogP contribution in [-0.2, 0) is 4.79 Å². The molecule has 1 saturated carbocycles. The maximum atomic E-state index is 12.8. The lowest BCUT2D eigenvalue weighted by Crippen LogP contribution is -2.50. The SMILES string of the molecule is Cl.O=C(C1CC2CCCCC2N1)N1CCC(O)(C(F)(F)F)C1. The molecule has 22 heavy (non-hydrogen) atoms. The molecule has 1 amide bonds. The molecular formula is C14H22ClF3N2O2. The van der Waals surface area contributed by atoms with Gasteiger partial charge in [-0.15, -0.1) is 12.4 Å². The van der Waals surface area contributed by atoms with Crippen LogP contribution in [0.5, 0.6) is 0 Å². The van der Waals surface area contributed by atoms with Gasteiger partial charge < -0.3 is 15.3 Å². The maximum absolute atomic E-state index is 12.8. The van der Waals surface area contributed by atoms with Crippen molar-refractivity contribution in [2.45, 2.75) is 62.4 Å². The van der Waals surface area contributed by atoms with E-state index in [-0.39, 0.29) is 30.9 Å². The van der Waals surface area contributed by atoms with Crippen molar-refractivity contribution in [3.05, 3.63) is 0 Å². The molecule has 2 saturated heterocycles. The van der Waals surface area contributed by atoms with Gasteiger partial charge in [-0.3, -0.25) is 4.79 Å². The van der Waals surface area contributed by atoms with Gasteiger partial charge in [-0.05, 0) is 25.2 Å². The highest BCUT2D eigenvalue weighted by molar-refractivity contribution is 5.85. The second-order valence-corrected chi connectivity index (χ2v) is 6.65. The number of hydrogen-bond donors (Lipinski definition) is 2. The van der Waals surface area contributed by atoms with Crippen LogP contribution < -0.4 is 5.32 Å². The van der Waals surface area contributed by atoms with Crippen molar-refractivity contribution in [3.8, 4) is 0 Å². The molecule has 3 fully saturated rings. The zero-order valence-electron chi connectivity index (χ0n) is 12.2. The number of carbonyl (C=O) groups excluding carboxylic acids is 1. The third-order valence-corrected chi connectivity index (χ3v) is 5.25. The van der Waals surface area contributed by atoms with Crippen molar-refractivity contribution in [3.63, 3.8) is 0 Å². The molecule has 0 bridgehead atoms. The van der Waals surface area contributed by atoms with E-state index in [0.29, 0.717) is 18.4 Å². The van der Waals surface area contributed by atoms with Gasteiger partial charge in [0.05, 0.1) is 12.6 Å². The van der Waals surface area contributed by atoms with Crippen LogP contribution in [0.1, 0.15) is 38.5 Å². The van der Waals surface area contributed by atoms with Crippen LogP contribution in [0.3, 0.4) is 0 Å². The van der Waals surface area contributed by atoms with E-state index in [9.17, 15) is 23.1 Å². The van der Waals surface area contributed by atoms with E-state index in [1.54, 1.807) is 0 Å². The van der Waals surface area contributed by atoms with E-state index in [2.05, 4.69) is 5.32 Å². The Morgan fingerprint density at radius 2 is 1.95 bits per heavy atom. The normalized spacial score (nSPS) is 38.5. The average Bonchev–Trinajstić information content (AvgIpc) is 3.01. The van der Waals surface area contributed by atoms with Crippen LogP contribution in [-0.4, -0.2) is 52.9 Å². The van der Waals surface area contributed by atoms with Gasteiger partial charge in [0.15, 0.2) is 5.60 Å². The van der Waals surface area contributed by atoms with Gasteiger partial charge in [0.1, 0.15) is 0 Å². The zero-order valence-corrected chi connectivity index (χ0v) is 13.1. The van der Waals surface area contributed by atoms with Crippen molar-refractivity contribution in [1.82, 2.24) is 10.2 Å². The fourth-order valence-corrected chi connectivity index (χ4v) is 3.94. The van der Waals surface area contributed by atoms with Crippen molar-refractivity contribution in [2.24, 2.45) is 5.92 Å². The number of alkyl halides is 3. The molecule has 1 aliphatic carbocycles. The smallest absolute Gasteiger partial charge is 0.379 e. The fraction of sp³-hybridized carbons (Fsp3) is 0.929. The van der Waals surface area contributed by atoms with E-state index < -0.39 is 24.7 Å². The Morgan fingerprint density at radius 1 is 1.27 bits per heavy atom. The molecule has 4 nitrogen and oxygen atoms in total. The summed E-state index contributed by atoms with van der Waals surface area (Å²) in [7, 11) is 0. The predicted octanol–water partition coefficient (Wildman–Crippen LogP) is 1.85. The molecule has 2 N–H and O–H groups in total. The summed E-state index contributed by atoms with van der Waals surface area (Å²) in [5, 5.41) is 12.9. The summed E-state index contributed by atoms with van der Waals surface area (Å²) in [6.45, 7) is -0.662. The highest BCUT2D eigenvalue weighted by atomic mass is 35.5. The third-order valence-electron chi connectivity index (χ3n) is 5.25. The van der Waals surface area contributed by atoms with Crippen LogP contribution in [0.25, 0.3) is 0 Å². The van der Waals surface area contributed by atoms with Gasteiger partial charge in [0.2, 0.25) is 5.91 Å². The van der Waals surface area contributed by atoms with Crippen LogP contribution in [0, 0.1) is 5.92 Å². The Labute approximate surface area is 133 Å². The highest BCUT2D eigenvalue weighted by Crippen LogP contribution is 2.39. The highest BCUT2D eigenvalue weighted by Gasteiger charge is 2.58. The predicted molar refractivity (Wildman–Crippen MR) is 76.7 cm³/mol. The maximum Gasteiger partial charge on any atom is 0.419 e. The lowest BCUT2D eigenvalue weighted by molar-refractivity contribution is -0.253. The van der Waals surface area contributed by atoms with Crippen molar-refractivity contribution in [1.29, 1.82) is 0 Å². The summed E-state index contributed by atoms with van der Waals surface area (Å²) in [6.07, 6.45) is 0.0498. The molecule has 128 valence electrons. The Bertz CT molecular complexity index is 421. The second-order valence-electron chi connectivity index (χ2n) is 6.65. The Hall–Kier alpha value is -0.530. The summed E-state index contributed by atoms with van der Waals surface area (Å²) < 4.78 is 38.4. The molecule has 2 heterocycles. The molecular weight excluding hydrogens is 321 g/mol. The molecule has 8 heteroatoms. The number of hydrogen-bond acceptors (Lipinski definition) is 3. The van der Waals surface area contributed by atoms with Crippen LogP contribution >= 0.6 is 12.4 Å². The number of fused-ring (bicyclic) bond motifs is 1. The number of aliphatic hydroxyl groups is 1. The molecule has 4 unspecified atom stereocenters. The number of amides is 1. The quantitative estimate of drug-likeness (QED) is 0.764. The molecule has 0 aromatic heterocycles. The lowest BCUT2D eigenvalue weighted by Gasteiger charge is -2.27. The largest absolute Gasteiger partial charge is 0.419 e.